The fraction of sp³-hybridized carbons (Fsp3) is 0.735. The molecule has 1 aliphatic heterocycles. The summed E-state index contributed by atoms with van der Waals surface area (Å²) in [5, 5.41) is 0. The number of sulfone groups is 1. The molecular weight excluding hydrogens is 638 g/mol. The van der Waals surface area contributed by atoms with Gasteiger partial charge in [0, 0.05) is 32.2 Å². The smallest absolute Gasteiger partial charge is 0.422 e. The van der Waals surface area contributed by atoms with Crippen molar-refractivity contribution in [1.29, 1.82) is 0 Å². The average molecular weight is 698 g/mol. The lowest BCUT2D eigenvalue weighted by atomic mass is 10.2. The summed E-state index contributed by atoms with van der Waals surface area (Å²) in [6.45, 7) is 16.2. The number of rotatable bonds is 23. The van der Waals surface area contributed by atoms with Crippen LogP contribution in [0.3, 0.4) is 0 Å². The lowest BCUT2D eigenvalue weighted by molar-refractivity contribution is -0.244. The van der Waals surface area contributed by atoms with E-state index >= 15 is 0 Å². The number of hydrogen-bond donors (Lipinski definition) is 0. The molecule has 0 aliphatic carbocycles. The largest absolute Gasteiger partial charge is 0.492 e. The van der Waals surface area contributed by atoms with Gasteiger partial charge < -0.3 is 28.9 Å². The summed E-state index contributed by atoms with van der Waals surface area (Å²) in [5.41, 5.74) is 0. The number of benzene rings is 1. The number of carbonyl (C=O) groups excluding carboxylic acids is 3. The number of likely N-dealkylation sites (N-methyl/N-ethyl adjacent to an activating group) is 1. The van der Waals surface area contributed by atoms with Crippen LogP contribution in [-0.2, 0) is 28.9 Å². The van der Waals surface area contributed by atoms with E-state index in [1.807, 2.05) is 37.7 Å². The molecule has 2 rings (SSSR count). The van der Waals surface area contributed by atoms with Crippen LogP contribution in [0.1, 0.15) is 67.2 Å². The van der Waals surface area contributed by atoms with Gasteiger partial charge in [-0.15, -0.1) is 0 Å². The molecular formula is C34H59N5O8S. The molecule has 0 N–H and O–H groups in total. The number of urea groups is 1. The quantitative estimate of drug-likeness (QED) is 0.123. The summed E-state index contributed by atoms with van der Waals surface area (Å²) in [4.78, 5) is 48.9. The highest BCUT2D eigenvalue weighted by molar-refractivity contribution is 7.91. The van der Waals surface area contributed by atoms with Gasteiger partial charge in [0.05, 0.1) is 17.2 Å². The molecule has 0 atom stereocenters. The van der Waals surface area contributed by atoms with Crippen molar-refractivity contribution in [3.8, 4) is 5.75 Å². The van der Waals surface area contributed by atoms with E-state index < -0.39 is 39.8 Å². The minimum absolute atomic E-state index is 0.0212. The van der Waals surface area contributed by atoms with Crippen molar-refractivity contribution in [2.75, 3.05) is 85.4 Å². The highest BCUT2D eigenvalue weighted by atomic mass is 32.2. The van der Waals surface area contributed by atoms with Crippen LogP contribution < -0.4 is 4.74 Å². The molecule has 0 radical (unpaired) electrons. The first kappa shape index (κ1) is 41.2. The molecule has 0 bridgehead atoms. The predicted octanol–water partition coefficient (Wildman–Crippen LogP) is 3.53. The Morgan fingerprint density at radius 1 is 0.771 bits per heavy atom. The fourth-order valence-electron chi connectivity index (χ4n) is 5.62. The SMILES string of the molecule is CCCN(CCC)CCN(C(=O)N(CCS(=O)(=O)c1ccc(OCCN(C)C)cc1)C(C)C)C1(CN(CCC)CCC)OC(=O)C(=O)O1. The first-order valence-corrected chi connectivity index (χ1v) is 19.0. The van der Waals surface area contributed by atoms with E-state index in [0.717, 1.165) is 45.3 Å². The number of hydrogen-bond acceptors (Lipinski definition) is 11. The van der Waals surface area contributed by atoms with Crippen LogP contribution >= 0.6 is 0 Å². The van der Waals surface area contributed by atoms with Crippen molar-refractivity contribution in [2.45, 2.75) is 84.1 Å². The molecule has 1 aromatic carbocycles. The molecule has 1 saturated heterocycles. The summed E-state index contributed by atoms with van der Waals surface area (Å²) >= 11 is 0. The van der Waals surface area contributed by atoms with E-state index in [9.17, 15) is 22.8 Å². The first-order chi connectivity index (χ1) is 22.7. The summed E-state index contributed by atoms with van der Waals surface area (Å²) in [7, 11) is 0.0954. The highest BCUT2D eigenvalue weighted by Gasteiger charge is 2.56. The first-order valence-electron chi connectivity index (χ1n) is 17.3. The van der Waals surface area contributed by atoms with E-state index in [-0.39, 0.29) is 30.3 Å². The number of esters is 2. The van der Waals surface area contributed by atoms with Crippen molar-refractivity contribution in [2.24, 2.45) is 0 Å². The molecule has 1 heterocycles. The third kappa shape index (κ3) is 12.2. The van der Waals surface area contributed by atoms with Gasteiger partial charge in [0.1, 0.15) is 12.4 Å². The van der Waals surface area contributed by atoms with E-state index in [1.54, 1.807) is 26.0 Å². The van der Waals surface area contributed by atoms with Gasteiger partial charge in [-0.1, -0.05) is 27.7 Å². The van der Waals surface area contributed by atoms with Crippen LogP contribution in [0.25, 0.3) is 0 Å². The lowest BCUT2D eigenvalue weighted by Crippen LogP contribution is -2.64. The van der Waals surface area contributed by atoms with Crippen LogP contribution in [0.2, 0.25) is 0 Å². The Morgan fingerprint density at radius 3 is 1.77 bits per heavy atom. The zero-order valence-corrected chi connectivity index (χ0v) is 31.2. The molecule has 13 nitrogen and oxygen atoms in total. The summed E-state index contributed by atoms with van der Waals surface area (Å²) in [6, 6.07) is 5.27. The molecule has 274 valence electrons. The second-order valence-electron chi connectivity index (χ2n) is 12.8. The van der Waals surface area contributed by atoms with Gasteiger partial charge in [-0.3, -0.25) is 4.90 Å². The van der Waals surface area contributed by atoms with E-state index in [4.69, 9.17) is 14.2 Å². The van der Waals surface area contributed by atoms with Gasteiger partial charge in [0.2, 0.25) is 0 Å². The second-order valence-corrected chi connectivity index (χ2v) is 14.9. The van der Waals surface area contributed by atoms with Crippen LogP contribution in [0.5, 0.6) is 5.75 Å². The number of amides is 2. The standard InChI is InChI=1S/C34H59N5O8S/c1-9-17-36(18-10-2)21-22-39(34(46-31(40)32(41)47-34)27-37(19-11-3)20-12-4)33(42)38(28(5)6)24-26-48(43,44)30-15-13-29(14-16-30)45-25-23-35(7)8/h13-16,28H,9-12,17-27H2,1-8H3. The number of cyclic esters (lactones) is 2. The van der Waals surface area contributed by atoms with Crippen molar-refractivity contribution < 1.29 is 37.0 Å². The van der Waals surface area contributed by atoms with Gasteiger partial charge in [-0.05, 0) is 104 Å². The normalized spacial score (nSPS) is 14.6. The van der Waals surface area contributed by atoms with Crippen molar-refractivity contribution in [3.63, 3.8) is 0 Å². The molecule has 2 amide bonds. The van der Waals surface area contributed by atoms with E-state index in [0.29, 0.717) is 32.0 Å². The fourth-order valence-corrected chi connectivity index (χ4v) is 6.84. The minimum Gasteiger partial charge on any atom is -0.492 e. The maximum atomic E-state index is 14.6. The summed E-state index contributed by atoms with van der Waals surface area (Å²) in [6.07, 6.45) is 3.41. The molecule has 1 aliphatic rings. The Kier molecular flexibility index (Phi) is 17.1. The second kappa shape index (κ2) is 19.9. The van der Waals surface area contributed by atoms with Gasteiger partial charge in [-0.25, -0.2) is 27.7 Å². The van der Waals surface area contributed by atoms with Crippen molar-refractivity contribution >= 4 is 27.8 Å². The summed E-state index contributed by atoms with van der Waals surface area (Å²) < 4.78 is 44.0. The van der Waals surface area contributed by atoms with Crippen LogP contribution in [0.15, 0.2) is 29.2 Å². The molecule has 48 heavy (non-hydrogen) atoms. The van der Waals surface area contributed by atoms with Gasteiger partial charge in [0.15, 0.2) is 9.84 Å². The third-order valence-electron chi connectivity index (χ3n) is 8.00. The van der Waals surface area contributed by atoms with Gasteiger partial charge in [-0.2, -0.15) is 0 Å². The van der Waals surface area contributed by atoms with Crippen LogP contribution in [0, 0.1) is 0 Å². The zero-order chi connectivity index (χ0) is 35.9. The lowest BCUT2D eigenvalue weighted by Gasteiger charge is -2.43. The predicted molar refractivity (Wildman–Crippen MR) is 185 cm³/mol. The maximum absolute atomic E-state index is 14.6. The molecule has 0 saturated carbocycles. The Morgan fingerprint density at radius 2 is 1.29 bits per heavy atom. The number of ether oxygens (including phenoxy) is 3. The van der Waals surface area contributed by atoms with Crippen LogP contribution in [-0.4, -0.2) is 148 Å². The van der Waals surface area contributed by atoms with E-state index in [1.165, 1.54) is 21.9 Å². The molecule has 1 aromatic rings. The Bertz CT molecular complexity index is 1230. The Hall–Kier alpha value is -2.94. The Labute approximate surface area is 288 Å². The highest BCUT2D eigenvalue weighted by Crippen LogP contribution is 2.30. The molecule has 14 heteroatoms. The van der Waals surface area contributed by atoms with Crippen molar-refractivity contribution in [1.82, 2.24) is 24.5 Å². The monoisotopic (exact) mass is 697 g/mol. The zero-order valence-electron chi connectivity index (χ0n) is 30.4. The average Bonchev–Trinajstić information content (AvgIpc) is 3.30. The van der Waals surface area contributed by atoms with Gasteiger partial charge >= 0.3 is 23.9 Å². The molecule has 1 fully saturated rings. The third-order valence-corrected chi connectivity index (χ3v) is 9.71. The maximum Gasteiger partial charge on any atom is 0.422 e. The van der Waals surface area contributed by atoms with Crippen LogP contribution in [0.4, 0.5) is 4.79 Å². The van der Waals surface area contributed by atoms with E-state index in [2.05, 4.69) is 18.7 Å². The summed E-state index contributed by atoms with van der Waals surface area (Å²) in [5.74, 6) is -4.08. The van der Waals surface area contributed by atoms with Gasteiger partial charge in [0.25, 0.3) is 0 Å². The van der Waals surface area contributed by atoms with Crippen molar-refractivity contribution in [3.05, 3.63) is 24.3 Å². The number of nitrogens with zero attached hydrogens (tertiary/aromatic N) is 5. The topological polar surface area (TPSA) is 129 Å². The number of carbonyl (C=O) groups is 3. The molecule has 0 spiro atoms. The molecule has 0 aromatic heterocycles. The minimum atomic E-state index is -3.79. The Balaban J connectivity index is 2.42. The molecule has 0 unspecified atom stereocenters.